The molecule has 0 amide bonds. The smallest absolute Gasteiger partial charge is 0.184 e. The van der Waals surface area contributed by atoms with E-state index in [1.807, 2.05) is 6.92 Å². The van der Waals surface area contributed by atoms with Crippen molar-refractivity contribution < 1.29 is 13.2 Å². The van der Waals surface area contributed by atoms with E-state index in [1.165, 1.54) is 7.11 Å². The van der Waals surface area contributed by atoms with Crippen LogP contribution in [0.25, 0.3) is 0 Å². The lowest BCUT2D eigenvalue weighted by Crippen LogP contribution is -2.09. The van der Waals surface area contributed by atoms with Gasteiger partial charge < -0.3 is 10.5 Å². The molecule has 0 atom stereocenters. The Morgan fingerprint density at radius 1 is 1.19 bits per heavy atom. The molecular formula is C15H16BrNO3S. The summed E-state index contributed by atoms with van der Waals surface area (Å²) < 4.78 is 31.2. The largest absolute Gasteiger partial charge is 0.496 e. The van der Waals surface area contributed by atoms with Crippen molar-refractivity contribution in [3.63, 3.8) is 0 Å². The molecule has 112 valence electrons. The van der Waals surface area contributed by atoms with Gasteiger partial charge in [0.2, 0.25) is 0 Å². The van der Waals surface area contributed by atoms with Gasteiger partial charge in [0.05, 0.1) is 23.4 Å². The van der Waals surface area contributed by atoms with Gasteiger partial charge in [-0.05, 0) is 42.8 Å². The van der Waals surface area contributed by atoms with Crippen molar-refractivity contribution in [1.29, 1.82) is 0 Å². The molecule has 0 aliphatic heterocycles. The number of halogens is 1. The fraction of sp³-hybridized carbons (Fsp3) is 0.200. The standard InChI is InChI=1S/C15H16BrNO3S/c1-10-3-5-13(17)15(7-10)21(18,19)9-11-8-12(16)4-6-14(11)20-2/h3-8H,9,17H2,1-2H3. The van der Waals surface area contributed by atoms with Gasteiger partial charge in [0.1, 0.15) is 5.75 Å². The zero-order chi connectivity index (χ0) is 15.6. The first-order valence-electron chi connectivity index (χ1n) is 6.25. The molecule has 4 nitrogen and oxygen atoms in total. The first-order chi connectivity index (χ1) is 9.83. The Kier molecular flexibility index (Phi) is 4.58. The minimum absolute atomic E-state index is 0.157. The van der Waals surface area contributed by atoms with Crippen LogP contribution in [-0.2, 0) is 15.6 Å². The maximum Gasteiger partial charge on any atom is 0.184 e. The van der Waals surface area contributed by atoms with Crippen molar-refractivity contribution >= 4 is 31.5 Å². The number of nitrogen functional groups attached to an aromatic ring is 1. The Bertz CT molecular complexity index is 772. The summed E-state index contributed by atoms with van der Waals surface area (Å²) >= 11 is 3.34. The first-order valence-corrected chi connectivity index (χ1v) is 8.69. The van der Waals surface area contributed by atoms with Gasteiger partial charge in [0.25, 0.3) is 0 Å². The monoisotopic (exact) mass is 369 g/mol. The van der Waals surface area contributed by atoms with Gasteiger partial charge in [0.15, 0.2) is 9.84 Å². The number of hydrogen-bond donors (Lipinski definition) is 1. The second kappa shape index (κ2) is 6.07. The second-order valence-electron chi connectivity index (χ2n) is 4.76. The molecule has 6 heteroatoms. The number of nitrogens with two attached hydrogens (primary N) is 1. The van der Waals surface area contributed by atoms with Crippen molar-refractivity contribution in [3.8, 4) is 5.75 Å². The summed E-state index contributed by atoms with van der Waals surface area (Å²) in [4.78, 5) is 0.157. The van der Waals surface area contributed by atoms with Crippen LogP contribution in [0.2, 0.25) is 0 Å². The molecule has 0 unspecified atom stereocenters. The van der Waals surface area contributed by atoms with E-state index in [0.29, 0.717) is 11.3 Å². The lowest BCUT2D eigenvalue weighted by Gasteiger charge is -2.12. The molecule has 0 spiro atoms. The van der Waals surface area contributed by atoms with Crippen molar-refractivity contribution in [2.45, 2.75) is 17.6 Å². The fourth-order valence-corrected chi connectivity index (χ4v) is 4.04. The predicted octanol–water partition coefficient (Wildman–Crippen LogP) is 3.32. The summed E-state index contributed by atoms with van der Waals surface area (Å²) in [5.74, 6) is 0.372. The molecule has 0 radical (unpaired) electrons. The van der Waals surface area contributed by atoms with Gasteiger partial charge in [-0.2, -0.15) is 0 Å². The zero-order valence-corrected chi connectivity index (χ0v) is 14.2. The summed E-state index contributed by atoms with van der Waals surface area (Å²) in [5, 5.41) is 0. The summed E-state index contributed by atoms with van der Waals surface area (Å²) in [6.07, 6.45) is 0. The molecule has 0 fully saturated rings. The van der Waals surface area contributed by atoms with Gasteiger partial charge in [-0.1, -0.05) is 22.0 Å². The van der Waals surface area contributed by atoms with Crippen LogP contribution in [0.1, 0.15) is 11.1 Å². The Hall–Kier alpha value is -1.53. The van der Waals surface area contributed by atoms with Crippen LogP contribution < -0.4 is 10.5 Å². The molecule has 0 saturated heterocycles. The molecule has 0 aromatic heterocycles. The highest BCUT2D eigenvalue weighted by molar-refractivity contribution is 9.10. The SMILES string of the molecule is COc1ccc(Br)cc1CS(=O)(=O)c1cc(C)ccc1N. The van der Waals surface area contributed by atoms with Gasteiger partial charge in [0, 0.05) is 10.0 Å². The number of ether oxygens (including phenoxy) is 1. The molecule has 2 aromatic rings. The van der Waals surface area contributed by atoms with Crippen LogP contribution >= 0.6 is 15.9 Å². The van der Waals surface area contributed by atoms with Gasteiger partial charge >= 0.3 is 0 Å². The maximum atomic E-state index is 12.6. The quantitative estimate of drug-likeness (QED) is 0.839. The van der Waals surface area contributed by atoms with Crippen LogP contribution in [-0.4, -0.2) is 15.5 Å². The highest BCUT2D eigenvalue weighted by Crippen LogP contribution is 2.29. The van der Waals surface area contributed by atoms with Crippen LogP contribution in [0.4, 0.5) is 5.69 Å². The highest BCUT2D eigenvalue weighted by atomic mass is 79.9. The number of anilines is 1. The van der Waals surface area contributed by atoms with Gasteiger partial charge in [-0.15, -0.1) is 0 Å². The molecule has 0 heterocycles. The summed E-state index contributed by atoms with van der Waals surface area (Å²) in [7, 11) is -2.03. The lowest BCUT2D eigenvalue weighted by molar-refractivity contribution is 0.411. The second-order valence-corrected chi connectivity index (χ2v) is 7.63. The molecule has 21 heavy (non-hydrogen) atoms. The third-order valence-electron chi connectivity index (χ3n) is 3.09. The molecule has 0 aliphatic rings. The average Bonchev–Trinajstić information content (AvgIpc) is 2.41. The molecular weight excluding hydrogens is 354 g/mol. The minimum atomic E-state index is -3.54. The average molecular weight is 370 g/mol. The molecule has 0 saturated carbocycles. The number of methoxy groups -OCH3 is 1. The van der Waals surface area contributed by atoms with Crippen LogP contribution in [0.5, 0.6) is 5.75 Å². The van der Waals surface area contributed by atoms with E-state index in [9.17, 15) is 8.42 Å². The number of sulfone groups is 1. The lowest BCUT2D eigenvalue weighted by atomic mass is 10.2. The van der Waals surface area contributed by atoms with Crippen molar-refractivity contribution in [1.82, 2.24) is 0 Å². The minimum Gasteiger partial charge on any atom is -0.496 e. The first kappa shape index (κ1) is 15.9. The molecule has 0 bridgehead atoms. The van der Waals surface area contributed by atoms with E-state index in [-0.39, 0.29) is 16.3 Å². The highest BCUT2D eigenvalue weighted by Gasteiger charge is 2.20. The zero-order valence-electron chi connectivity index (χ0n) is 11.8. The van der Waals surface area contributed by atoms with E-state index < -0.39 is 9.84 Å². The van der Waals surface area contributed by atoms with Crippen LogP contribution in [0.15, 0.2) is 45.8 Å². The van der Waals surface area contributed by atoms with Gasteiger partial charge in [-0.25, -0.2) is 8.42 Å². The molecule has 2 aromatic carbocycles. The number of hydrogen-bond acceptors (Lipinski definition) is 4. The third kappa shape index (κ3) is 3.57. The fourth-order valence-electron chi connectivity index (χ4n) is 2.05. The number of benzene rings is 2. The summed E-state index contributed by atoms with van der Waals surface area (Å²) in [6, 6.07) is 10.3. The third-order valence-corrected chi connectivity index (χ3v) is 5.30. The predicted molar refractivity (Wildman–Crippen MR) is 87.2 cm³/mol. The van der Waals surface area contributed by atoms with E-state index in [2.05, 4.69) is 15.9 Å². The summed E-state index contributed by atoms with van der Waals surface area (Å²) in [6.45, 7) is 1.83. The van der Waals surface area contributed by atoms with Crippen molar-refractivity contribution in [2.24, 2.45) is 0 Å². The molecule has 2 rings (SSSR count). The molecule has 2 N–H and O–H groups in total. The number of rotatable bonds is 4. The van der Waals surface area contributed by atoms with Crippen molar-refractivity contribution in [2.75, 3.05) is 12.8 Å². The van der Waals surface area contributed by atoms with Crippen LogP contribution in [0, 0.1) is 6.92 Å². The normalized spacial score (nSPS) is 11.4. The summed E-state index contributed by atoms with van der Waals surface area (Å²) in [5.41, 5.74) is 7.51. The Labute approximate surface area is 133 Å². The van der Waals surface area contributed by atoms with E-state index >= 15 is 0 Å². The number of aryl methyl sites for hydroxylation is 1. The maximum absolute atomic E-state index is 12.6. The van der Waals surface area contributed by atoms with Crippen molar-refractivity contribution in [3.05, 3.63) is 52.0 Å². The topological polar surface area (TPSA) is 69.4 Å². The van der Waals surface area contributed by atoms with Gasteiger partial charge in [-0.3, -0.25) is 0 Å². The molecule has 0 aliphatic carbocycles. The Morgan fingerprint density at radius 2 is 1.90 bits per heavy atom. The van der Waals surface area contributed by atoms with E-state index in [1.54, 1.807) is 36.4 Å². The van der Waals surface area contributed by atoms with E-state index in [4.69, 9.17) is 10.5 Å². The Balaban J connectivity index is 2.47. The van der Waals surface area contributed by atoms with E-state index in [0.717, 1.165) is 10.0 Å². The van der Waals surface area contributed by atoms with Crippen LogP contribution in [0.3, 0.4) is 0 Å². The Morgan fingerprint density at radius 3 is 2.57 bits per heavy atom.